The summed E-state index contributed by atoms with van der Waals surface area (Å²) in [6, 6.07) is 0. The molecule has 2 rings (SSSR count). The number of nitrogen functional groups attached to an aromatic ring is 1. The SMILES string of the molecule is Nc1nnc(CSCCCN2CSC=N2)s1. The first kappa shape index (κ1) is 12.0. The lowest BCUT2D eigenvalue weighted by Crippen LogP contribution is -2.14. The second kappa shape index (κ2) is 6.31. The Hall–Kier alpha value is -0.470. The lowest BCUT2D eigenvalue weighted by atomic mass is 10.5. The van der Waals surface area contributed by atoms with Crippen molar-refractivity contribution in [2.75, 3.05) is 23.9 Å². The molecule has 0 saturated carbocycles. The summed E-state index contributed by atoms with van der Waals surface area (Å²) in [5.74, 6) is 3.03. The Balaban J connectivity index is 1.53. The van der Waals surface area contributed by atoms with E-state index in [9.17, 15) is 0 Å². The first-order valence-corrected chi connectivity index (χ1v) is 7.91. The second-order valence-corrected chi connectivity index (χ2v) is 6.19. The molecule has 0 bridgehead atoms. The second-order valence-electron chi connectivity index (χ2n) is 3.19. The van der Waals surface area contributed by atoms with Crippen molar-refractivity contribution in [2.24, 2.45) is 5.10 Å². The maximum Gasteiger partial charge on any atom is 0.203 e. The fourth-order valence-corrected chi connectivity index (χ4v) is 3.44. The summed E-state index contributed by atoms with van der Waals surface area (Å²) < 4.78 is 0. The van der Waals surface area contributed by atoms with Gasteiger partial charge in [0.05, 0.1) is 11.4 Å². The van der Waals surface area contributed by atoms with E-state index in [1.165, 1.54) is 11.3 Å². The van der Waals surface area contributed by atoms with Crippen LogP contribution in [0.15, 0.2) is 5.10 Å². The van der Waals surface area contributed by atoms with Gasteiger partial charge in [0.2, 0.25) is 5.13 Å². The van der Waals surface area contributed by atoms with Crippen LogP contribution in [0.4, 0.5) is 5.13 Å². The highest BCUT2D eigenvalue weighted by Gasteiger charge is 2.05. The minimum atomic E-state index is 0.555. The molecule has 0 atom stereocenters. The third-order valence-corrected chi connectivity index (χ3v) is 4.60. The predicted octanol–water partition coefficient (Wildman–Crippen LogP) is 1.69. The molecule has 1 aromatic rings. The third kappa shape index (κ3) is 3.84. The molecule has 2 N–H and O–H groups in total. The number of hydrazone groups is 1. The number of thioether (sulfide) groups is 2. The minimum absolute atomic E-state index is 0.555. The molecule has 8 heteroatoms. The quantitative estimate of drug-likeness (QED) is 0.797. The van der Waals surface area contributed by atoms with Crippen LogP contribution in [0, 0.1) is 0 Å². The van der Waals surface area contributed by atoms with Gasteiger partial charge in [-0.3, -0.25) is 5.01 Å². The van der Waals surface area contributed by atoms with Crippen molar-refractivity contribution in [3.8, 4) is 0 Å². The van der Waals surface area contributed by atoms with Gasteiger partial charge in [-0.05, 0) is 12.2 Å². The van der Waals surface area contributed by atoms with Gasteiger partial charge in [-0.15, -0.1) is 10.2 Å². The lowest BCUT2D eigenvalue weighted by Gasteiger charge is -2.11. The summed E-state index contributed by atoms with van der Waals surface area (Å²) in [7, 11) is 0. The lowest BCUT2D eigenvalue weighted by molar-refractivity contribution is 0.350. The van der Waals surface area contributed by atoms with E-state index in [0.29, 0.717) is 5.13 Å². The van der Waals surface area contributed by atoms with Gasteiger partial charge >= 0.3 is 0 Å². The molecule has 0 saturated heterocycles. The Morgan fingerprint density at radius 1 is 1.50 bits per heavy atom. The Morgan fingerprint density at radius 2 is 2.44 bits per heavy atom. The molecular weight excluding hydrogens is 262 g/mol. The molecule has 0 amide bonds. The molecular formula is C8H13N5S3. The highest BCUT2D eigenvalue weighted by atomic mass is 32.2. The van der Waals surface area contributed by atoms with Gasteiger partial charge in [-0.2, -0.15) is 16.9 Å². The highest BCUT2D eigenvalue weighted by Crippen LogP contribution is 2.18. The molecule has 0 aliphatic carbocycles. The van der Waals surface area contributed by atoms with E-state index >= 15 is 0 Å². The Labute approximate surface area is 107 Å². The smallest absolute Gasteiger partial charge is 0.203 e. The molecule has 0 fully saturated rings. The fraction of sp³-hybridized carbons (Fsp3) is 0.625. The van der Waals surface area contributed by atoms with E-state index in [1.54, 1.807) is 11.8 Å². The van der Waals surface area contributed by atoms with Gasteiger partial charge in [0.25, 0.3) is 0 Å². The summed E-state index contributed by atoms with van der Waals surface area (Å²) >= 11 is 5.08. The molecule has 0 spiro atoms. The van der Waals surface area contributed by atoms with Crippen molar-refractivity contribution in [1.29, 1.82) is 0 Å². The van der Waals surface area contributed by atoms with Crippen LogP contribution in [0.5, 0.6) is 0 Å². The van der Waals surface area contributed by atoms with Crippen LogP contribution in [0.3, 0.4) is 0 Å². The van der Waals surface area contributed by atoms with E-state index in [2.05, 4.69) is 20.3 Å². The number of hydrogen-bond acceptors (Lipinski definition) is 8. The molecule has 88 valence electrons. The Kier molecular flexibility index (Phi) is 4.73. The first-order chi connectivity index (χ1) is 7.84. The van der Waals surface area contributed by atoms with Crippen LogP contribution in [-0.2, 0) is 5.75 Å². The summed E-state index contributed by atoms with van der Waals surface area (Å²) in [4.78, 5) is 0. The zero-order chi connectivity index (χ0) is 11.2. The zero-order valence-corrected chi connectivity index (χ0v) is 11.2. The average molecular weight is 275 g/mol. The average Bonchev–Trinajstić information content (AvgIpc) is 2.89. The number of nitrogens with two attached hydrogens (primary N) is 1. The van der Waals surface area contributed by atoms with E-state index in [0.717, 1.165) is 35.4 Å². The first-order valence-electron chi connectivity index (χ1n) is 4.89. The normalized spacial score (nSPS) is 14.9. The van der Waals surface area contributed by atoms with Crippen LogP contribution < -0.4 is 5.73 Å². The molecule has 1 aromatic heterocycles. The largest absolute Gasteiger partial charge is 0.374 e. The van der Waals surface area contributed by atoms with Crippen LogP contribution >= 0.6 is 34.9 Å². The number of hydrogen-bond donors (Lipinski definition) is 1. The Morgan fingerprint density at radius 3 is 3.12 bits per heavy atom. The van der Waals surface area contributed by atoms with Crippen LogP contribution in [-0.4, -0.2) is 38.9 Å². The van der Waals surface area contributed by atoms with E-state index < -0.39 is 0 Å². The Bertz CT molecular complexity index is 353. The molecule has 0 aromatic carbocycles. The van der Waals surface area contributed by atoms with Crippen molar-refractivity contribution in [3.05, 3.63) is 5.01 Å². The zero-order valence-electron chi connectivity index (χ0n) is 8.70. The summed E-state index contributed by atoms with van der Waals surface area (Å²) in [5, 5.41) is 15.6. The van der Waals surface area contributed by atoms with Crippen molar-refractivity contribution in [1.82, 2.24) is 15.2 Å². The standard InChI is InChI=1S/C8H13N5S3/c9-8-12-11-7(16-8)4-14-3-1-2-13-6-15-5-10-13/h5H,1-4,6H2,(H2,9,12). The topological polar surface area (TPSA) is 67.4 Å². The highest BCUT2D eigenvalue weighted by molar-refractivity contribution is 8.12. The molecule has 16 heavy (non-hydrogen) atoms. The van der Waals surface area contributed by atoms with Crippen molar-refractivity contribution in [3.63, 3.8) is 0 Å². The van der Waals surface area contributed by atoms with Gasteiger partial charge < -0.3 is 5.73 Å². The monoisotopic (exact) mass is 275 g/mol. The fourth-order valence-electron chi connectivity index (χ4n) is 1.21. The molecule has 1 aliphatic rings. The summed E-state index contributed by atoms with van der Waals surface area (Å²) in [6.45, 7) is 1.04. The number of rotatable bonds is 6. The number of anilines is 1. The molecule has 1 aliphatic heterocycles. The summed E-state index contributed by atoms with van der Waals surface area (Å²) in [6.07, 6.45) is 1.15. The molecule has 5 nitrogen and oxygen atoms in total. The van der Waals surface area contributed by atoms with Crippen LogP contribution in [0.25, 0.3) is 0 Å². The van der Waals surface area contributed by atoms with Crippen molar-refractivity contribution in [2.45, 2.75) is 12.2 Å². The van der Waals surface area contributed by atoms with Crippen LogP contribution in [0.1, 0.15) is 11.4 Å². The minimum Gasteiger partial charge on any atom is -0.374 e. The van der Waals surface area contributed by atoms with Crippen LogP contribution in [0.2, 0.25) is 0 Å². The molecule has 2 heterocycles. The molecule has 0 unspecified atom stereocenters. The van der Waals surface area contributed by atoms with E-state index in [-0.39, 0.29) is 0 Å². The maximum atomic E-state index is 5.50. The predicted molar refractivity (Wildman–Crippen MR) is 72.8 cm³/mol. The van der Waals surface area contributed by atoms with E-state index in [1.807, 2.05) is 17.3 Å². The van der Waals surface area contributed by atoms with Gasteiger partial charge in [-0.1, -0.05) is 23.1 Å². The molecule has 0 radical (unpaired) electrons. The van der Waals surface area contributed by atoms with Gasteiger partial charge in [-0.25, -0.2) is 0 Å². The van der Waals surface area contributed by atoms with Crippen molar-refractivity contribution >= 4 is 45.5 Å². The van der Waals surface area contributed by atoms with Gasteiger partial charge in [0.1, 0.15) is 5.01 Å². The maximum absolute atomic E-state index is 5.50. The van der Waals surface area contributed by atoms with Crippen molar-refractivity contribution < 1.29 is 0 Å². The summed E-state index contributed by atoms with van der Waals surface area (Å²) in [5.41, 5.74) is 7.40. The van der Waals surface area contributed by atoms with Gasteiger partial charge in [0.15, 0.2) is 0 Å². The van der Waals surface area contributed by atoms with E-state index in [4.69, 9.17) is 5.73 Å². The number of nitrogens with zero attached hydrogens (tertiary/aromatic N) is 4. The number of aromatic nitrogens is 2. The van der Waals surface area contributed by atoms with Gasteiger partial charge in [0, 0.05) is 12.3 Å². The third-order valence-electron chi connectivity index (χ3n) is 1.92.